The standard InChI is InChI=1S/C13H12N4OS2/c1-15-13-17-11(14)10(20-13)12-16-9(6-19-12)7-3-2-4-8(18)5-7/h2-6,18H,14H2,1H3,(H,15,17). The van der Waals surface area contributed by atoms with Crippen molar-refractivity contribution < 1.29 is 5.11 Å². The summed E-state index contributed by atoms with van der Waals surface area (Å²) in [5, 5.41) is 16.0. The van der Waals surface area contributed by atoms with Gasteiger partial charge in [-0.3, -0.25) is 0 Å². The third-order valence-corrected chi connectivity index (χ3v) is 4.79. The molecule has 20 heavy (non-hydrogen) atoms. The summed E-state index contributed by atoms with van der Waals surface area (Å²) >= 11 is 2.99. The van der Waals surface area contributed by atoms with Gasteiger partial charge in [-0.2, -0.15) is 0 Å². The molecular formula is C13H12N4OS2. The molecule has 0 bridgehead atoms. The number of benzene rings is 1. The molecule has 0 saturated heterocycles. The number of anilines is 2. The van der Waals surface area contributed by atoms with E-state index in [0.29, 0.717) is 5.82 Å². The van der Waals surface area contributed by atoms with Gasteiger partial charge in [0.25, 0.3) is 0 Å². The summed E-state index contributed by atoms with van der Waals surface area (Å²) in [4.78, 5) is 9.65. The zero-order valence-corrected chi connectivity index (χ0v) is 12.3. The predicted octanol–water partition coefficient (Wildman–Crippen LogP) is 3.26. The number of hydrogen-bond donors (Lipinski definition) is 3. The SMILES string of the molecule is CNc1nc(N)c(-c2nc(-c3cccc(O)c3)cs2)s1. The highest BCUT2D eigenvalue weighted by atomic mass is 32.1. The molecule has 0 unspecified atom stereocenters. The van der Waals surface area contributed by atoms with Crippen LogP contribution in [0.15, 0.2) is 29.6 Å². The highest BCUT2D eigenvalue weighted by Gasteiger charge is 2.14. The molecule has 0 aliphatic heterocycles. The molecule has 7 heteroatoms. The minimum absolute atomic E-state index is 0.229. The molecule has 0 amide bonds. The molecule has 1 aromatic carbocycles. The first kappa shape index (κ1) is 12.9. The Bertz CT molecular complexity index is 750. The fourth-order valence-electron chi connectivity index (χ4n) is 1.77. The number of thiazole rings is 2. The van der Waals surface area contributed by atoms with Gasteiger partial charge < -0.3 is 16.2 Å². The number of nitrogens with one attached hydrogen (secondary N) is 1. The summed E-state index contributed by atoms with van der Waals surface area (Å²) < 4.78 is 0. The van der Waals surface area contributed by atoms with Crippen molar-refractivity contribution in [1.82, 2.24) is 9.97 Å². The summed E-state index contributed by atoms with van der Waals surface area (Å²) in [6.45, 7) is 0. The number of nitrogens with two attached hydrogens (primary N) is 1. The van der Waals surface area contributed by atoms with Crippen molar-refractivity contribution in [2.75, 3.05) is 18.1 Å². The molecule has 0 saturated carbocycles. The topological polar surface area (TPSA) is 84.1 Å². The average Bonchev–Trinajstić information content (AvgIpc) is 3.05. The van der Waals surface area contributed by atoms with Gasteiger partial charge in [0.1, 0.15) is 21.5 Å². The van der Waals surface area contributed by atoms with Crippen LogP contribution in [0.2, 0.25) is 0 Å². The maximum Gasteiger partial charge on any atom is 0.185 e. The summed E-state index contributed by atoms with van der Waals surface area (Å²) in [7, 11) is 1.81. The van der Waals surface area contributed by atoms with Gasteiger partial charge in [-0.1, -0.05) is 23.5 Å². The molecular weight excluding hydrogens is 292 g/mol. The Hall–Kier alpha value is -2.12. The number of hydrogen-bond acceptors (Lipinski definition) is 7. The van der Waals surface area contributed by atoms with Gasteiger partial charge in [-0.05, 0) is 12.1 Å². The first-order valence-electron chi connectivity index (χ1n) is 5.86. The van der Waals surface area contributed by atoms with Crippen molar-refractivity contribution in [1.29, 1.82) is 0 Å². The van der Waals surface area contributed by atoms with Gasteiger partial charge in [0.15, 0.2) is 5.13 Å². The van der Waals surface area contributed by atoms with Gasteiger partial charge in [0.05, 0.1) is 5.69 Å². The van der Waals surface area contributed by atoms with E-state index in [9.17, 15) is 5.11 Å². The molecule has 2 aromatic heterocycles. The van der Waals surface area contributed by atoms with E-state index in [1.807, 2.05) is 18.5 Å². The van der Waals surface area contributed by atoms with Crippen LogP contribution in [0.1, 0.15) is 0 Å². The molecule has 3 rings (SSSR count). The van der Waals surface area contributed by atoms with Crippen LogP contribution in [0.25, 0.3) is 21.1 Å². The molecule has 0 aliphatic carbocycles. The Morgan fingerprint density at radius 3 is 2.85 bits per heavy atom. The maximum absolute atomic E-state index is 9.52. The van der Waals surface area contributed by atoms with Crippen molar-refractivity contribution in [3.63, 3.8) is 0 Å². The molecule has 3 aromatic rings. The maximum atomic E-state index is 9.52. The highest BCUT2D eigenvalue weighted by molar-refractivity contribution is 7.23. The van der Waals surface area contributed by atoms with Gasteiger partial charge in [-0.15, -0.1) is 11.3 Å². The number of aromatic hydroxyl groups is 1. The minimum atomic E-state index is 0.229. The van der Waals surface area contributed by atoms with E-state index in [4.69, 9.17) is 5.73 Å². The Labute approximate surface area is 123 Å². The van der Waals surface area contributed by atoms with E-state index in [1.165, 1.54) is 22.7 Å². The average molecular weight is 304 g/mol. The summed E-state index contributed by atoms with van der Waals surface area (Å²) in [5.41, 5.74) is 7.61. The third-order valence-electron chi connectivity index (χ3n) is 2.71. The number of aromatic nitrogens is 2. The van der Waals surface area contributed by atoms with Crippen molar-refractivity contribution in [3.05, 3.63) is 29.6 Å². The number of nitrogen functional groups attached to an aromatic ring is 1. The quantitative estimate of drug-likeness (QED) is 0.691. The van der Waals surface area contributed by atoms with E-state index in [-0.39, 0.29) is 5.75 Å². The van der Waals surface area contributed by atoms with Crippen LogP contribution in [0, 0.1) is 0 Å². The number of nitrogens with zero attached hydrogens (tertiary/aromatic N) is 2. The number of phenolic OH excluding ortho intramolecular Hbond substituents is 1. The van der Waals surface area contributed by atoms with E-state index in [1.54, 1.807) is 18.2 Å². The fraction of sp³-hybridized carbons (Fsp3) is 0.0769. The highest BCUT2D eigenvalue weighted by Crippen LogP contribution is 2.38. The monoisotopic (exact) mass is 304 g/mol. The lowest BCUT2D eigenvalue weighted by molar-refractivity contribution is 0.475. The van der Waals surface area contributed by atoms with Crippen LogP contribution in [-0.4, -0.2) is 22.1 Å². The van der Waals surface area contributed by atoms with Crippen molar-refractivity contribution in [2.24, 2.45) is 0 Å². The first-order valence-corrected chi connectivity index (χ1v) is 7.56. The second kappa shape index (κ2) is 5.10. The van der Waals surface area contributed by atoms with E-state index in [0.717, 1.165) is 26.3 Å². The Kier molecular flexibility index (Phi) is 3.29. The molecule has 5 nitrogen and oxygen atoms in total. The van der Waals surface area contributed by atoms with E-state index < -0.39 is 0 Å². The molecule has 0 radical (unpaired) electrons. The van der Waals surface area contributed by atoms with Crippen LogP contribution in [0.5, 0.6) is 5.75 Å². The smallest absolute Gasteiger partial charge is 0.185 e. The summed E-state index contributed by atoms with van der Waals surface area (Å²) in [6, 6.07) is 7.03. The molecule has 102 valence electrons. The van der Waals surface area contributed by atoms with Crippen LogP contribution >= 0.6 is 22.7 Å². The van der Waals surface area contributed by atoms with Crippen LogP contribution in [0.4, 0.5) is 10.9 Å². The van der Waals surface area contributed by atoms with Crippen LogP contribution in [-0.2, 0) is 0 Å². The van der Waals surface area contributed by atoms with E-state index >= 15 is 0 Å². The molecule has 2 heterocycles. The summed E-state index contributed by atoms with van der Waals surface area (Å²) in [6.07, 6.45) is 0. The lowest BCUT2D eigenvalue weighted by Crippen LogP contribution is -1.89. The predicted molar refractivity (Wildman–Crippen MR) is 84.3 cm³/mol. The molecule has 0 atom stereocenters. The first-order chi connectivity index (χ1) is 9.67. The van der Waals surface area contributed by atoms with E-state index in [2.05, 4.69) is 15.3 Å². The third kappa shape index (κ3) is 2.33. The van der Waals surface area contributed by atoms with Crippen molar-refractivity contribution in [2.45, 2.75) is 0 Å². The van der Waals surface area contributed by atoms with Crippen LogP contribution in [0.3, 0.4) is 0 Å². The van der Waals surface area contributed by atoms with Crippen LogP contribution < -0.4 is 11.1 Å². The van der Waals surface area contributed by atoms with Gasteiger partial charge in [-0.25, -0.2) is 9.97 Å². The zero-order valence-electron chi connectivity index (χ0n) is 10.6. The van der Waals surface area contributed by atoms with Crippen molar-refractivity contribution in [3.8, 4) is 26.9 Å². The second-order valence-electron chi connectivity index (χ2n) is 4.07. The van der Waals surface area contributed by atoms with Crippen molar-refractivity contribution >= 4 is 33.6 Å². The molecule has 0 spiro atoms. The Morgan fingerprint density at radius 1 is 1.30 bits per heavy atom. The largest absolute Gasteiger partial charge is 0.508 e. The number of rotatable bonds is 3. The summed E-state index contributed by atoms with van der Waals surface area (Å²) in [5.74, 6) is 0.711. The minimum Gasteiger partial charge on any atom is -0.508 e. The lowest BCUT2D eigenvalue weighted by atomic mass is 10.2. The normalized spacial score (nSPS) is 10.7. The molecule has 0 fully saturated rings. The number of phenols is 1. The second-order valence-corrected chi connectivity index (χ2v) is 5.93. The lowest BCUT2D eigenvalue weighted by Gasteiger charge is -1.97. The van der Waals surface area contributed by atoms with Gasteiger partial charge in [0.2, 0.25) is 0 Å². The van der Waals surface area contributed by atoms with Gasteiger partial charge in [0, 0.05) is 18.0 Å². The zero-order chi connectivity index (χ0) is 14.1. The Morgan fingerprint density at radius 2 is 2.15 bits per heavy atom. The molecule has 4 N–H and O–H groups in total. The Balaban J connectivity index is 1.99. The fourth-order valence-corrected chi connectivity index (χ4v) is 3.53. The van der Waals surface area contributed by atoms with Gasteiger partial charge >= 0.3 is 0 Å². The molecule has 0 aliphatic rings.